The second-order valence-corrected chi connectivity index (χ2v) is 9.54. The highest BCUT2D eigenvalue weighted by Gasteiger charge is 2.25. The number of ether oxygens (including phenoxy) is 2. The van der Waals surface area contributed by atoms with Crippen LogP contribution in [0.2, 0.25) is 20.1 Å². The maximum Gasteiger partial charge on any atom is 0.254 e. The van der Waals surface area contributed by atoms with Crippen LogP contribution in [0.5, 0.6) is 5.75 Å². The molecule has 1 saturated heterocycles. The van der Waals surface area contributed by atoms with Crippen LogP contribution in [0, 0.1) is 0 Å². The molecule has 8 heteroatoms. The van der Waals surface area contributed by atoms with Crippen LogP contribution in [0.25, 0.3) is 0 Å². The Kier molecular flexibility index (Phi) is 9.81. The lowest BCUT2D eigenvalue weighted by Gasteiger charge is -2.26. The highest BCUT2D eigenvalue weighted by Crippen LogP contribution is 2.35. The van der Waals surface area contributed by atoms with Crippen molar-refractivity contribution in [1.29, 1.82) is 0 Å². The fraction of sp³-hybridized carbons (Fsp3) is 0.458. The van der Waals surface area contributed by atoms with Gasteiger partial charge in [0.15, 0.2) is 5.75 Å². The van der Waals surface area contributed by atoms with E-state index in [9.17, 15) is 4.79 Å². The Bertz CT molecular complexity index is 908. The highest BCUT2D eigenvalue weighted by atomic mass is 35.5. The number of amides is 1. The smallest absolute Gasteiger partial charge is 0.254 e. The molecule has 0 saturated carbocycles. The van der Waals surface area contributed by atoms with Gasteiger partial charge in [-0.15, -0.1) is 0 Å². The Morgan fingerprint density at radius 3 is 2.47 bits per heavy atom. The molecule has 1 amide bonds. The number of halogens is 4. The first kappa shape index (κ1) is 25.5. The van der Waals surface area contributed by atoms with Crippen molar-refractivity contribution < 1.29 is 14.3 Å². The Balaban J connectivity index is 1.81. The van der Waals surface area contributed by atoms with Gasteiger partial charge in [-0.2, -0.15) is 0 Å². The second kappa shape index (κ2) is 12.3. The number of nitrogens with zero attached hydrogens (tertiary/aromatic N) is 1. The monoisotopic (exact) mass is 517 g/mol. The number of hydrogen-bond acceptors (Lipinski definition) is 3. The molecule has 0 aliphatic carbocycles. The predicted octanol–water partition coefficient (Wildman–Crippen LogP) is 7.69. The molecule has 0 bridgehead atoms. The first-order valence-electron chi connectivity index (χ1n) is 10.9. The van der Waals surface area contributed by atoms with Gasteiger partial charge < -0.3 is 14.4 Å². The quantitative estimate of drug-likeness (QED) is 0.302. The van der Waals surface area contributed by atoms with E-state index < -0.39 is 0 Å². The van der Waals surface area contributed by atoms with Gasteiger partial charge in [-0.1, -0.05) is 72.2 Å². The molecule has 4 nitrogen and oxygen atoms in total. The predicted molar refractivity (Wildman–Crippen MR) is 132 cm³/mol. The van der Waals surface area contributed by atoms with Crippen LogP contribution >= 0.6 is 46.4 Å². The van der Waals surface area contributed by atoms with Crippen molar-refractivity contribution in [1.82, 2.24) is 4.90 Å². The maximum atomic E-state index is 13.5. The minimum atomic E-state index is -0.201. The maximum absolute atomic E-state index is 13.5. The molecule has 1 aliphatic heterocycles. The van der Waals surface area contributed by atoms with Gasteiger partial charge in [0, 0.05) is 35.3 Å². The van der Waals surface area contributed by atoms with Gasteiger partial charge in [0.25, 0.3) is 5.91 Å². The number of unbranched alkanes of at least 4 members (excludes halogenated alkanes) is 2. The van der Waals surface area contributed by atoms with Crippen molar-refractivity contribution in [2.24, 2.45) is 0 Å². The average molecular weight is 519 g/mol. The Hall–Kier alpha value is -1.17. The van der Waals surface area contributed by atoms with E-state index in [0.717, 1.165) is 37.7 Å². The third-order valence-electron chi connectivity index (χ3n) is 5.35. The molecule has 32 heavy (non-hydrogen) atoms. The number of hydrogen-bond donors (Lipinski definition) is 0. The summed E-state index contributed by atoms with van der Waals surface area (Å²) < 4.78 is 11.5. The summed E-state index contributed by atoms with van der Waals surface area (Å²) in [7, 11) is 0. The zero-order chi connectivity index (χ0) is 23.1. The molecule has 1 heterocycles. The zero-order valence-corrected chi connectivity index (χ0v) is 21.0. The molecule has 1 atom stereocenters. The number of carbonyl (C=O) groups excluding carboxylic acids is 1. The van der Waals surface area contributed by atoms with Crippen LogP contribution in [-0.2, 0) is 11.3 Å². The number of carbonyl (C=O) groups is 1. The molecule has 0 radical (unpaired) electrons. The molecule has 2 aromatic rings. The molecule has 0 spiro atoms. The van der Waals surface area contributed by atoms with Gasteiger partial charge in [-0.25, -0.2) is 0 Å². The van der Waals surface area contributed by atoms with Crippen molar-refractivity contribution in [2.75, 3.05) is 19.8 Å². The number of rotatable bonds is 10. The van der Waals surface area contributed by atoms with Gasteiger partial charge in [-0.05, 0) is 49.1 Å². The molecular formula is C24H27Cl4NO3. The van der Waals surface area contributed by atoms with Crippen LogP contribution in [-0.4, -0.2) is 36.7 Å². The standard InChI is InChI=1S/C24H27Cl4NO3/c1-2-3-4-9-32-23-21(27)11-17(12-22(23)28)24(30)29(15-19-6-5-10-31-19)14-16-7-8-18(25)13-20(16)26/h7-8,11-13,19H,2-6,9-10,14-15H2,1H3/t19-/m1/s1. The lowest BCUT2D eigenvalue weighted by molar-refractivity contribution is 0.0507. The summed E-state index contributed by atoms with van der Waals surface area (Å²) in [5, 5.41) is 1.69. The summed E-state index contributed by atoms with van der Waals surface area (Å²) in [5.41, 5.74) is 1.19. The molecule has 0 N–H and O–H groups in total. The van der Waals surface area contributed by atoms with E-state index in [-0.39, 0.29) is 12.0 Å². The van der Waals surface area contributed by atoms with E-state index in [0.29, 0.717) is 57.7 Å². The Labute approximate surface area is 209 Å². The average Bonchev–Trinajstić information content (AvgIpc) is 3.26. The molecule has 2 aromatic carbocycles. The summed E-state index contributed by atoms with van der Waals surface area (Å²) in [5.74, 6) is 0.209. The molecule has 0 unspecified atom stereocenters. The molecule has 174 valence electrons. The zero-order valence-electron chi connectivity index (χ0n) is 18.0. The fourth-order valence-electron chi connectivity index (χ4n) is 3.64. The van der Waals surface area contributed by atoms with Crippen LogP contribution in [0.1, 0.15) is 54.9 Å². The third-order valence-corrected chi connectivity index (χ3v) is 6.50. The summed E-state index contributed by atoms with van der Waals surface area (Å²) in [6.07, 6.45) is 4.95. The van der Waals surface area contributed by atoms with Crippen LogP contribution in [0.4, 0.5) is 0 Å². The minimum absolute atomic E-state index is 0.0165. The van der Waals surface area contributed by atoms with E-state index in [1.165, 1.54) is 0 Å². The lowest BCUT2D eigenvalue weighted by Crippen LogP contribution is -2.37. The molecule has 1 aliphatic rings. The van der Waals surface area contributed by atoms with Gasteiger partial charge in [0.1, 0.15) is 0 Å². The van der Waals surface area contributed by atoms with Gasteiger partial charge in [0.2, 0.25) is 0 Å². The largest absolute Gasteiger partial charge is 0.490 e. The molecule has 0 aromatic heterocycles. The first-order chi connectivity index (χ1) is 15.4. The SMILES string of the molecule is CCCCCOc1c(Cl)cc(C(=O)N(Cc2ccc(Cl)cc2Cl)C[C@H]2CCCO2)cc1Cl. The van der Waals surface area contributed by atoms with E-state index in [1.807, 2.05) is 6.07 Å². The van der Waals surface area contributed by atoms with Gasteiger partial charge >= 0.3 is 0 Å². The van der Waals surface area contributed by atoms with E-state index >= 15 is 0 Å². The summed E-state index contributed by atoms with van der Waals surface area (Å²) >= 11 is 25.3. The van der Waals surface area contributed by atoms with Crippen molar-refractivity contribution in [2.45, 2.75) is 51.7 Å². The topological polar surface area (TPSA) is 38.8 Å². The number of benzene rings is 2. The van der Waals surface area contributed by atoms with Crippen molar-refractivity contribution >= 4 is 52.3 Å². The summed E-state index contributed by atoms with van der Waals surface area (Å²) in [6.45, 7) is 4.12. The molecular weight excluding hydrogens is 492 g/mol. The summed E-state index contributed by atoms with van der Waals surface area (Å²) in [4.78, 5) is 15.2. The van der Waals surface area contributed by atoms with Gasteiger partial charge in [0.05, 0.1) is 22.8 Å². The highest BCUT2D eigenvalue weighted by molar-refractivity contribution is 6.37. The minimum Gasteiger partial charge on any atom is -0.490 e. The normalized spacial score (nSPS) is 15.7. The lowest BCUT2D eigenvalue weighted by atomic mass is 10.1. The first-order valence-corrected chi connectivity index (χ1v) is 12.4. The third kappa shape index (κ3) is 6.91. The van der Waals surface area contributed by atoms with E-state index in [2.05, 4.69) is 6.92 Å². The van der Waals surface area contributed by atoms with Crippen molar-refractivity contribution in [3.63, 3.8) is 0 Å². The Morgan fingerprint density at radius 1 is 1.09 bits per heavy atom. The van der Waals surface area contributed by atoms with Crippen molar-refractivity contribution in [3.8, 4) is 5.75 Å². The molecule has 1 fully saturated rings. The van der Waals surface area contributed by atoms with Crippen LogP contribution in [0.3, 0.4) is 0 Å². The van der Waals surface area contributed by atoms with Crippen LogP contribution in [0.15, 0.2) is 30.3 Å². The van der Waals surface area contributed by atoms with E-state index in [1.54, 1.807) is 29.2 Å². The fourth-order valence-corrected chi connectivity index (χ4v) is 4.70. The molecule has 3 rings (SSSR count). The Morgan fingerprint density at radius 2 is 1.84 bits per heavy atom. The van der Waals surface area contributed by atoms with Gasteiger partial charge in [-0.3, -0.25) is 4.79 Å². The van der Waals surface area contributed by atoms with Crippen molar-refractivity contribution in [3.05, 3.63) is 61.5 Å². The summed E-state index contributed by atoms with van der Waals surface area (Å²) in [6, 6.07) is 8.48. The van der Waals surface area contributed by atoms with Crippen LogP contribution < -0.4 is 4.74 Å². The van der Waals surface area contributed by atoms with E-state index in [4.69, 9.17) is 55.9 Å². The second-order valence-electron chi connectivity index (χ2n) is 7.88.